The highest BCUT2D eigenvalue weighted by Crippen LogP contribution is 2.24. The van der Waals surface area contributed by atoms with Crippen molar-refractivity contribution in [2.75, 3.05) is 0 Å². The molecule has 0 aliphatic rings. The number of hydrogen-bond acceptors (Lipinski definition) is 2. The molecule has 3 aromatic carbocycles. The van der Waals surface area contributed by atoms with Crippen LogP contribution < -0.4 is 9.47 Å². The summed E-state index contributed by atoms with van der Waals surface area (Å²) in [6.07, 6.45) is 0. The van der Waals surface area contributed by atoms with Gasteiger partial charge in [0.2, 0.25) is 0 Å². The molecular weight excluding hydrogens is 447 g/mol. The van der Waals surface area contributed by atoms with E-state index in [-0.39, 0.29) is 0 Å². The molecule has 0 aromatic heterocycles. The van der Waals surface area contributed by atoms with Crippen molar-refractivity contribution in [3.8, 4) is 11.5 Å². The zero-order chi connectivity index (χ0) is 19.4. The lowest BCUT2D eigenvalue weighted by Crippen LogP contribution is -2.03. The van der Waals surface area contributed by atoms with Crippen LogP contribution in [0.15, 0.2) is 54.6 Å². The van der Waals surface area contributed by atoms with E-state index in [1.54, 1.807) is 0 Å². The van der Waals surface area contributed by atoms with E-state index in [1.807, 2.05) is 12.1 Å². The first-order valence-electron chi connectivity index (χ1n) is 9.10. The lowest BCUT2D eigenvalue weighted by Gasteiger charge is -2.13. The van der Waals surface area contributed by atoms with E-state index in [0.717, 1.165) is 17.1 Å². The first kappa shape index (κ1) is 19.7. The van der Waals surface area contributed by atoms with Crippen molar-refractivity contribution in [3.63, 3.8) is 0 Å². The summed E-state index contributed by atoms with van der Waals surface area (Å²) in [5, 5.41) is 0. The number of halogens is 1. The zero-order valence-corrected chi connectivity index (χ0v) is 18.5. The van der Waals surface area contributed by atoms with Crippen LogP contribution in [0, 0.1) is 31.3 Å². The molecular formula is C24H25IO2. The van der Waals surface area contributed by atoms with Crippen LogP contribution in [0.5, 0.6) is 11.5 Å². The van der Waals surface area contributed by atoms with E-state index >= 15 is 0 Å². The van der Waals surface area contributed by atoms with Crippen LogP contribution in [-0.4, -0.2) is 0 Å². The molecule has 0 heterocycles. The van der Waals surface area contributed by atoms with E-state index in [9.17, 15) is 0 Å². The van der Waals surface area contributed by atoms with E-state index in [4.69, 9.17) is 9.47 Å². The molecule has 0 amide bonds. The molecule has 0 saturated carbocycles. The smallest absolute Gasteiger partial charge is 0.122 e. The summed E-state index contributed by atoms with van der Waals surface area (Å²) in [5.41, 5.74) is 7.16. The maximum atomic E-state index is 6.06. The van der Waals surface area contributed by atoms with E-state index in [0.29, 0.717) is 13.2 Å². The minimum Gasteiger partial charge on any atom is -0.489 e. The fraction of sp³-hybridized carbons (Fsp3) is 0.250. The van der Waals surface area contributed by atoms with Crippen molar-refractivity contribution in [2.45, 2.75) is 40.9 Å². The minimum absolute atomic E-state index is 0.553. The third-order valence-electron chi connectivity index (χ3n) is 4.55. The Hall–Kier alpha value is -2.01. The minimum atomic E-state index is 0.553. The summed E-state index contributed by atoms with van der Waals surface area (Å²) < 4.78 is 13.3. The fourth-order valence-electron chi connectivity index (χ4n) is 3.07. The average Bonchev–Trinajstić information content (AvgIpc) is 2.62. The Morgan fingerprint density at radius 1 is 0.667 bits per heavy atom. The Morgan fingerprint density at radius 3 is 1.78 bits per heavy atom. The van der Waals surface area contributed by atoms with Gasteiger partial charge in [-0.25, -0.2) is 0 Å². The van der Waals surface area contributed by atoms with Gasteiger partial charge < -0.3 is 9.47 Å². The van der Waals surface area contributed by atoms with Crippen LogP contribution in [0.4, 0.5) is 0 Å². The second-order valence-electron chi connectivity index (χ2n) is 7.04. The van der Waals surface area contributed by atoms with Crippen LogP contribution in [0.2, 0.25) is 0 Å². The Balaban J connectivity index is 1.68. The highest BCUT2D eigenvalue weighted by molar-refractivity contribution is 14.1. The number of hydrogen-bond donors (Lipinski definition) is 0. The molecule has 27 heavy (non-hydrogen) atoms. The SMILES string of the molecule is Cc1ccc(OCc2ccc(I)c(COc3ccc(C)cc3C)c2)c(C)c1. The molecule has 0 atom stereocenters. The van der Waals surface area contributed by atoms with Gasteiger partial charge in [0.25, 0.3) is 0 Å². The third kappa shape index (κ3) is 5.25. The summed E-state index contributed by atoms with van der Waals surface area (Å²) in [4.78, 5) is 0. The van der Waals surface area contributed by atoms with Crippen LogP contribution in [0.3, 0.4) is 0 Å². The van der Waals surface area contributed by atoms with Gasteiger partial charge in [-0.3, -0.25) is 0 Å². The second kappa shape index (κ2) is 8.79. The Kier molecular flexibility index (Phi) is 6.42. The quantitative estimate of drug-likeness (QED) is 0.373. The van der Waals surface area contributed by atoms with Crippen molar-refractivity contribution in [1.82, 2.24) is 0 Å². The molecule has 0 saturated heterocycles. The van der Waals surface area contributed by atoms with Gasteiger partial charge in [0, 0.05) is 9.13 Å². The molecule has 0 spiro atoms. The molecule has 0 unspecified atom stereocenters. The summed E-state index contributed by atoms with van der Waals surface area (Å²) in [5.74, 6) is 1.88. The Labute approximate surface area is 175 Å². The molecule has 0 N–H and O–H groups in total. The van der Waals surface area contributed by atoms with Gasteiger partial charge in [-0.15, -0.1) is 0 Å². The lowest BCUT2D eigenvalue weighted by molar-refractivity contribution is 0.297. The second-order valence-corrected chi connectivity index (χ2v) is 8.20. The molecule has 3 heteroatoms. The van der Waals surface area contributed by atoms with Crippen molar-refractivity contribution in [1.29, 1.82) is 0 Å². The van der Waals surface area contributed by atoms with E-state index in [2.05, 4.69) is 92.8 Å². The maximum absolute atomic E-state index is 6.06. The van der Waals surface area contributed by atoms with Crippen LogP contribution >= 0.6 is 22.6 Å². The van der Waals surface area contributed by atoms with E-state index < -0.39 is 0 Å². The van der Waals surface area contributed by atoms with Gasteiger partial charge in [-0.05, 0) is 91.2 Å². The van der Waals surface area contributed by atoms with Crippen molar-refractivity contribution in [3.05, 3.63) is 91.5 Å². The van der Waals surface area contributed by atoms with Gasteiger partial charge in [-0.1, -0.05) is 41.5 Å². The van der Waals surface area contributed by atoms with Gasteiger partial charge in [-0.2, -0.15) is 0 Å². The van der Waals surface area contributed by atoms with Gasteiger partial charge in [0.05, 0.1) is 0 Å². The molecule has 0 aliphatic carbocycles. The molecule has 0 bridgehead atoms. The third-order valence-corrected chi connectivity index (χ3v) is 5.60. The number of rotatable bonds is 6. The Morgan fingerprint density at radius 2 is 1.22 bits per heavy atom. The predicted octanol–water partition coefficient (Wildman–Crippen LogP) is 6.68. The largest absolute Gasteiger partial charge is 0.489 e. The molecule has 3 aromatic rings. The maximum Gasteiger partial charge on any atom is 0.122 e. The standard InChI is InChI=1S/C24H25IO2/c1-16-5-9-23(18(3)11-16)26-14-20-7-8-22(25)21(13-20)15-27-24-10-6-17(2)12-19(24)4/h5-13H,14-15H2,1-4H3. The van der Waals surface area contributed by atoms with Gasteiger partial charge in [0.15, 0.2) is 0 Å². The van der Waals surface area contributed by atoms with Gasteiger partial charge >= 0.3 is 0 Å². The highest BCUT2D eigenvalue weighted by Gasteiger charge is 2.07. The van der Waals surface area contributed by atoms with Crippen molar-refractivity contribution < 1.29 is 9.47 Å². The van der Waals surface area contributed by atoms with Crippen LogP contribution in [0.25, 0.3) is 0 Å². The molecule has 2 nitrogen and oxygen atoms in total. The number of ether oxygens (including phenoxy) is 2. The zero-order valence-electron chi connectivity index (χ0n) is 16.3. The molecule has 3 rings (SSSR count). The van der Waals surface area contributed by atoms with Crippen molar-refractivity contribution >= 4 is 22.6 Å². The average molecular weight is 472 g/mol. The first-order chi connectivity index (χ1) is 12.9. The van der Waals surface area contributed by atoms with Crippen LogP contribution in [-0.2, 0) is 13.2 Å². The predicted molar refractivity (Wildman–Crippen MR) is 120 cm³/mol. The Bertz CT molecular complexity index is 947. The summed E-state index contributed by atoms with van der Waals surface area (Å²) in [7, 11) is 0. The number of aryl methyl sites for hydroxylation is 4. The lowest BCUT2D eigenvalue weighted by atomic mass is 10.1. The summed E-state index contributed by atoms with van der Waals surface area (Å²) in [6, 6.07) is 19.0. The topological polar surface area (TPSA) is 18.5 Å². The summed E-state index contributed by atoms with van der Waals surface area (Å²) >= 11 is 2.36. The van der Waals surface area contributed by atoms with Crippen LogP contribution in [0.1, 0.15) is 33.4 Å². The van der Waals surface area contributed by atoms with Gasteiger partial charge in [0.1, 0.15) is 24.7 Å². The molecule has 0 radical (unpaired) electrons. The van der Waals surface area contributed by atoms with E-state index in [1.165, 1.54) is 31.4 Å². The monoisotopic (exact) mass is 472 g/mol. The molecule has 0 aliphatic heterocycles. The normalized spacial score (nSPS) is 10.7. The summed E-state index contributed by atoms with van der Waals surface area (Å²) in [6.45, 7) is 9.47. The molecule has 0 fully saturated rings. The highest BCUT2D eigenvalue weighted by atomic mass is 127. The first-order valence-corrected chi connectivity index (χ1v) is 10.2. The number of benzene rings is 3. The van der Waals surface area contributed by atoms with Crippen molar-refractivity contribution in [2.24, 2.45) is 0 Å². The molecule has 140 valence electrons. The fourth-order valence-corrected chi connectivity index (χ4v) is 3.56.